The molecular weight excluding hydrogens is 397 g/mol. The van der Waals surface area contributed by atoms with Crippen molar-refractivity contribution in [3.05, 3.63) is 33.8 Å². The van der Waals surface area contributed by atoms with Crippen molar-refractivity contribution in [3.63, 3.8) is 0 Å². The van der Waals surface area contributed by atoms with Crippen LogP contribution in [0.25, 0.3) is 0 Å². The van der Waals surface area contributed by atoms with E-state index in [1.165, 1.54) is 6.07 Å². The van der Waals surface area contributed by atoms with Crippen LogP contribution in [0.15, 0.2) is 18.2 Å². The molecule has 0 fully saturated rings. The number of carbonyl (C=O) groups is 2. The standard InChI is InChI=1S/C21H33Cl2N3O2/c1-13(2)11-19(21(28)24-9-10-26(14(3)4)15(5)6)25-20(27)17-8-7-16(22)12-18(17)23/h7-8,12-15,19H,9-11H2,1-6H3,(H,24,28)(H,25,27). The van der Waals surface area contributed by atoms with Gasteiger partial charge in [-0.15, -0.1) is 0 Å². The van der Waals surface area contributed by atoms with Crippen LogP contribution >= 0.6 is 23.2 Å². The number of nitrogens with one attached hydrogen (secondary N) is 2. The van der Waals surface area contributed by atoms with Crippen LogP contribution in [0, 0.1) is 5.92 Å². The first-order chi connectivity index (χ1) is 13.0. The number of rotatable bonds is 10. The van der Waals surface area contributed by atoms with E-state index in [-0.39, 0.29) is 22.8 Å². The maximum atomic E-state index is 12.7. The van der Waals surface area contributed by atoms with E-state index in [9.17, 15) is 9.59 Å². The van der Waals surface area contributed by atoms with Crippen LogP contribution in [-0.2, 0) is 4.79 Å². The van der Waals surface area contributed by atoms with Crippen molar-refractivity contribution < 1.29 is 9.59 Å². The molecule has 0 aromatic heterocycles. The molecule has 0 saturated heterocycles. The fourth-order valence-electron chi connectivity index (χ4n) is 3.16. The molecule has 1 aromatic rings. The smallest absolute Gasteiger partial charge is 0.253 e. The molecule has 1 rings (SSSR count). The zero-order valence-corrected chi connectivity index (χ0v) is 19.2. The molecule has 7 heteroatoms. The van der Waals surface area contributed by atoms with E-state index in [0.717, 1.165) is 6.54 Å². The number of nitrogens with zero attached hydrogens (tertiary/aromatic N) is 1. The van der Waals surface area contributed by atoms with E-state index in [0.29, 0.717) is 35.6 Å². The molecule has 5 nitrogen and oxygen atoms in total. The fraction of sp³-hybridized carbons (Fsp3) is 0.619. The molecule has 1 aromatic carbocycles. The highest BCUT2D eigenvalue weighted by molar-refractivity contribution is 6.36. The first-order valence-electron chi connectivity index (χ1n) is 9.82. The quantitative estimate of drug-likeness (QED) is 0.580. The summed E-state index contributed by atoms with van der Waals surface area (Å²) in [6.07, 6.45) is 0.543. The molecule has 2 N–H and O–H groups in total. The van der Waals surface area contributed by atoms with Gasteiger partial charge < -0.3 is 10.6 Å². The minimum atomic E-state index is -0.620. The van der Waals surface area contributed by atoms with Crippen LogP contribution in [0.1, 0.15) is 58.3 Å². The third-order valence-electron chi connectivity index (χ3n) is 4.50. The highest BCUT2D eigenvalue weighted by Crippen LogP contribution is 2.21. The third kappa shape index (κ3) is 7.98. The van der Waals surface area contributed by atoms with Crippen LogP contribution in [0.4, 0.5) is 0 Å². The predicted octanol–water partition coefficient (Wildman–Crippen LogP) is 4.37. The first-order valence-corrected chi connectivity index (χ1v) is 10.6. The highest BCUT2D eigenvalue weighted by Gasteiger charge is 2.24. The number of carbonyl (C=O) groups excluding carboxylic acids is 2. The van der Waals surface area contributed by atoms with Gasteiger partial charge in [-0.05, 0) is 58.2 Å². The van der Waals surface area contributed by atoms with Crippen LogP contribution < -0.4 is 10.6 Å². The van der Waals surface area contributed by atoms with Gasteiger partial charge in [0.1, 0.15) is 6.04 Å². The molecule has 0 saturated carbocycles. The lowest BCUT2D eigenvalue weighted by Crippen LogP contribution is -2.49. The summed E-state index contributed by atoms with van der Waals surface area (Å²) in [5.74, 6) is -0.312. The second-order valence-corrected chi connectivity index (χ2v) is 8.84. The van der Waals surface area contributed by atoms with Crippen molar-refractivity contribution in [1.82, 2.24) is 15.5 Å². The monoisotopic (exact) mass is 429 g/mol. The van der Waals surface area contributed by atoms with Gasteiger partial charge in [0.2, 0.25) is 5.91 Å². The molecule has 2 amide bonds. The second kappa shape index (κ2) is 11.6. The number of halogens is 2. The maximum Gasteiger partial charge on any atom is 0.253 e. The number of amides is 2. The molecule has 158 valence electrons. The van der Waals surface area contributed by atoms with Crippen molar-refractivity contribution in [3.8, 4) is 0 Å². The molecule has 28 heavy (non-hydrogen) atoms. The van der Waals surface area contributed by atoms with E-state index >= 15 is 0 Å². The summed E-state index contributed by atoms with van der Waals surface area (Å²) in [4.78, 5) is 27.6. The van der Waals surface area contributed by atoms with Gasteiger partial charge in [-0.3, -0.25) is 14.5 Å². The molecular formula is C21H33Cl2N3O2. The summed E-state index contributed by atoms with van der Waals surface area (Å²) in [6, 6.07) is 4.86. The van der Waals surface area contributed by atoms with Crippen LogP contribution in [-0.4, -0.2) is 47.9 Å². The summed E-state index contributed by atoms with van der Waals surface area (Å²) >= 11 is 12.0. The van der Waals surface area contributed by atoms with Gasteiger partial charge in [0.05, 0.1) is 10.6 Å². The Hall–Kier alpha value is -1.30. The van der Waals surface area contributed by atoms with Crippen molar-refractivity contribution in [1.29, 1.82) is 0 Å². The summed E-state index contributed by atoms with van der Waals surface area (Å²) < 4.78 is 0. The Balaban J connectivity index is 2.75. The average Bonchev–Trinajstić information content (AvgIpc) is 2.56. The van der Waals surface area contributed by atoms with Crippen molar-refractivity contribution >= 4 is 35.0 Å². The van der Waals surface area contributed by atoms with Gasteiger partial charge in [0, 0.05) is 30.2 Å². The van der Waals surface area contributed by atoms with Crippen LogP contribution in [0.2, 0.25) is 10.0 Å². The summed E-state index contributed by atoms with van der Waals surface area (Å²) in [5.41, 5.74) is 0.304. The number of hydrogen-bond donors (Lipinski definition) is 2. The molecule has 0 heterocycles. The normalized spacial score (nSPS) is 12.7. The molecule has 1 unspecified atom stereocenters. The summed E-state index contributed by atoms with van der Waals surface area (Å²) in [7, 11) is 0. The summed E-state index contributed by atoms with van der Waals surface area (Å²) in [6.45, 7) is 13.9. The molecule has 0 aliphatic heterocycles. The van der Waals surface area contributed by atoms with Crippen LogP contribution in [0.3, 0.4) is 0 Å². The van der Waals surface area contributed by atoms with Gasteiger partial charge in [0.25, 0.3) is 5.91 Å². The average molecular weight is 430 g/mol. The minimum absolute atomic E-state index is 0.181. The van der Waals surface area contributed by atoms with E-state index in [2.05, 4.69) is 43.2 Å². The Bertz CT molecular complexity index is 655. The maximum absolute atomic E-state index is 12.7. The molecule has 0 spiro atoms. The van der Waals surface area contributed by atoms with E-state index in [1.54, 1.807) is 12.1 Å². The Morgan fingerprint density at radius 3 is 2.14 bits per heavy atom. The first kappa shape index (κ1) is 24.7. The molecule has 0 radical (unpaired) electrons. The summed E-state index contributed by atoms with van der Waals surface area (Å²) in [5, 5.41) is 6.49. The lowest BCUT2D eigenvalue weighted by Gasteiger charge is -2.30. The number of hydrogen-bond acceptors (Lipinski definition) is 3. The Labute approximate surface area is 179 Å². The van der Waals surface area contributed by atoms with Gasteiger partial charge in [-0.25, -0.2) is 0 Å². The van der Waals surface area contributed by atoms with Crippen LogP contribution in [0.5, 0.6) is 0 Å². The van der Waals surface area contributed by atoms with Crippen molar-refractivity contribution in [2.45, 2.75) is 66.1 Å². The Morgan fingerprint density at radius 2 is 1.64 bits per heavy atom. The second-order valence-electron chi connectivity index (χ2n) is 8.00. The van der Waals surface area contributed by atoms with Crippen molar-refractivity contribution in [2.75, 3.05) is 13.1 Å². The highest BCUT2D eigenvalue weighted by atomic mass is 35.5. The Kier molecular flexibility index (Phi) is 10.3. The topological polar surface area (TPSA) is 61.4 Å². The van der Waals surface area contributed by atoms with E-state index in [4.69, 9.17) is 23.2 Å². The van der Waals surface area contributed by atoms with E-state index in [1.807, 2.05) is 13.8 Å². The zero-order valence-electron chi connectivity index (χ0n) is 17.7. The SMILES string of the molecule is CC(C)CC(NC(=O)c1ccc(Cl)cc1Cl)C(=O)NCCN(C(C)C)C(C)C. The Morgan fingerprint density at radius 1 is 1.04 bits per heavy atom. The number of benzene rings is 1. The van der Waals surface area contributed by atoms with E-state index < -0.39 is 6.04 Å². The third-order valence-corrected chi connectivity index (χ3v) is 5.05. The predicted molar refractivity (Wildman–Crippen MR) is 117 cm³/mol. The fourth-order valence-corrected chi connectivity index (χ4v) is 3.65. The lowest BCUT2D eigenvalue weighted by atomic mass is 10.0. The van der Waals surface area contributed by atoms with Gasteiger partial charge in [-0.2, -0.15) is 0 Å². The molecule has 1 atom stereocenters. The minimum Gasteiger partial charge on any atom is -0.353 e. The van der Waals surface area contributed by atoms with Gasteiger partial charge >= 0.3 is 0 Å². The van der Waals surface area contributed by atoms with Gasteiger partial charge in [0.15, 0.2) is 0 Å². The lowest BCUT2D eigenvalue weighted by molar-refractivity contribution is -0.123. The molecule has 0 aliphatic rings. The molecule has 0 bridgehead atoms. The zero-order chi connectivity index (χ0) is 21.4. The van der Waals surface area contributed by atoms with Crippen molar-refractivity contribution in [2.24, 2.45) is 5.92 Å². The molecule has 0 aliphatic carbocycles. The van der Waals surface area contributed by atoms with Gasteiger partial charge in [-0.1, -0.05) is 37.0 Å². The largest absolute Gasteiger partial charge is 0.353 e.